The minimum atomic E-state index is -4.83. The van der Waals surface area contributed by atoms with Crippen molar-refractivity contribution in [3.05, 3.63) is 77.2 Å². The number of carbonyl (C=O) groups is 1. The van der Waals surface area contributed by atoms with Gasteiger partial charge in [0.15, 0.2) is 0 Å². The van der Waals surface area contributed by atoms with Gasteiger partial charge in [0.25, 0.3) is 5.91 Å². The van der Waals surface area contributed by atoms with Crippen LogP contribution in [0.1, 0.15) is 25.6 Å². The maximum absolute atomic E-state index is 13.4. The predicted octanol–water partition coefficient (Wildman–Crippen LogP) is 5.63. The van der Waals surface area contributed by atoms with Crippen LogP contribution in [0.15, 0.2) is 59.6 Å². The Balaban J connectivity index is 2.01. The molecular formula is C21H17F4N3O3S. The SMILES string of the molecule is [2H]C([2H])([2H])[S@@](=N)(=O)c1cccc(NC(=O)c2cc(C(F)(F)F)cnc2Oc2ccc(F)cc2C)c1. The summed E-state index contributed by atoms with van der Waals surface area (Å²) < 4.78 is 101. The van der Waals surface area contributed by atoms with Gasteiger partial charge in [0, 0.05) is 27.1 Å². The molecule has 0 unspecified atom stereocenters. The fourth-order valence-electron chi connectivity index (χ4n) is 2.63. The van der Waals surface area contributed by atoms with Gasteiger partial charge in [-0.05, 0) is 55.0 Å². The van der Waals surface area contributed by atoms with Crippen LogP contribution in [0.5, 0.6) is 11.6 Å². The topological polar surface area (TPSA) is 92.1 Å². The molecule has 0 aliphatic carbocycles. The third-order valence-corrected chi connectivity index (χ3v) is 5.11. The molecule has 32 heavy (non-hydrogen) atoms. The second-order valence-electron chi connectivity index (χ2n) is 6.62. The molecule has 0 saturated heterocycles. The van der Waals surface area contributed by atoms with Crippen LogP contribution in [0, 0.1) is 17.5 Å². The van der Waals surface area contributed by atoms with Crippen molar-refractivity contribution < 1.29 is 35.4 Å². The lowest BCUT2D eigenvalue weighted by Gasteiger charge is -2.15. The first-order chi connectivity index (χ1) is 16.1. The highest BCUT2D eigenvalue weighted by atomic mass is 32.2. The Labute approximate surface area is 185 Å². The number of aryl methyl sites for hydroxylation is 1. The zero-order chi connectivity index (χ0) is 26.2. The van der Waals surface area contributed by atoms with Crippen molar-refractivity contribution in [2.24, 2.45) is 0 Å². The molecule has 2 N–H and O–H groups in total. The second kappa shape index (κ2) is 8.58. The largest absolute Gasteiger partial charge is 0.438 e. The van der Waals surface area contributed by atoms with Gasteiger partial charge >= 0.3 is 6.18 Å². The highest BCUT2D eigenvalue weighted by Gasteiger charge is 2.33. The number of nitrogens with one attached hydrogen (secondary N) is 2. The predicted molar refractivity (Wildman–Crippen MR) is 110 cm³/mol. The van der Waals surface area contributed by atoms with Crippen LogP contribution in [0.3, 0.4) is 0 Å². The van der Waals surface area contributed by atoms with E-state index in [1.54, 1.807) is 0 Å². The van der Waals surface area contributed by atoms with Gasteiger partial charge in [-0.15, -0.1) is 0 Å². The number of amides is 1. The summed E-state index contributed by atoms with van der Waals surface area (Å²) in [6.45, 7) is 1.48. The monoisotopic (exact) mass is 470 g/mol. The van der Waals surface area contributed by atoms with Crippen molar-refractivity contribution in [3.63, 3.8) is 0 Å². The summed E-state index contributed by atoms with van der Waals surface area (Å²) in [6, 6.07) is 8.50. The lowest BCUT2D eigenvalue weighted by Crippen LogP contribution is -2.16. The second-order valence-corrected chi connectivity index (χ2v) is 8.21. The number of alkyl halides is 3. The van der Waals surface area contributed by atoms with Gasteiger partial charge in [-0.25, -0.2) is 18.4 Å². The fraction of sp³-hybridized carbons (Fsp3) is 0.143. The summed E-state index contributed by atoms with van der Waals surface area (Å²) in [5.74, 6) is -2.15. The molecule has 3 aromatic rings. The van der Waals surface area contributed by atoms with Crippen LogP contribution in [0.25, 0.3) is 0 Å². The number of pyridine rings is 1. The number of anilines is 1. The molecule has 0 aliphatic rings. The number of carbonyl (C=O) groups excluding carboxylic acids is 1. The third-order valence-electron chi connectivity index (χ3n) is 4.19. The number of hydrogen-bond donors (Lipinski definition) is 2. The average molecular weight is 470 g/mol. The van der Waals surface area contributed by atoms with Gasteiger partial charge in [0.05, 0.1) is 15.3 Å². The molecule has 3 rings (SSSR count). The molecule has 1 atom stereocenters. The van der Waals surface area contributed by atoms with Crippen molar-refractivity contribution in [1.29, 1.82) is 4.78 Å². The van der Waals surface area contributed by atoms with E-state index in [1.807, 2.05) is 0 Å². The maximum Gasteiger partial charge on any atom is 0.417 e. The molecule has 1 heterocycles. The first kappa shape index (κ1) is 19.2. The summed E-state index contributed by atoms with van der Waals surface area (Å²) in [5.41, 5.74) is -1.70. The Hall–Kier alpha value is -3.47. The molecule has 0 spiro atoms. The summed E-state index contributed by atoms with van der Waals surface area (Å²) in [4.78, 5) is 16.1. The minimum Gasteiger partial charge on any atom is -0.438 e. The van der Waals surface area contributed by atoms with E-state index in [-0.39, 0.29) is 11.4 Å². The van der Waals surface area contributed by atoms with Crippen molar-refractivity contribution in [2.75, 3.05) is 11.5 Å². The number of benzene rings is 2. The minimum absolute atomic E-state index is 0.0429. The van der Waals surface area contributed by atoms with Gasteiger partial charge in [0.2, 0.25) is 5.88 Å². The van der Waals surface area contributed by atoms with Gasteiger partial charge in [0.1, 0.15) is 17.1 Å². The Morgan fingerprint density at radius 3 is 2.62 bits per heavy atom. The van der Waals surface area contributed by atoms with Crippen LogP contribution < -0.4 is 10.1 Å². The van der Waals surface area contributed by atoms with Crippen LogP contribution in [-0.2, 0) is 15.9 Å². The highest BCUT2D eigenvalue weighted by molar-refractivity contribution is 7.91. The van der Waals surface area contributed by atoms with E-state index >= 15 is 0 Å². The summed E-state index contributed by atoms with van der Waals surface area (Å²) >= 11 is 0. The van der Waals surface area contributed by atoms with Crippen molar-refractivity contribution >= 4 is 21.3 Å². The molecule has 0 radical (unpaired) electrons. The number of halogens is 4. The molecule has 168 valence electrons. The molecule has 0 bridgehead atoms. The summed E-state index contributed by atoms with van der Waals surface area (Å²) in [7, 11) is -4.25. The first-order valence-electron chi connectivity index (χ1n) is 10.3. The fourth-order valence-corrected chi connectivity index (χ4v) is 3.20. The average Bonchev–Trinajstić information content (AvgIpc) is 2.74. The maximum atomic E-state index is 13.4. The van der Waals surface area contributed by atoms with E-state index < -0.39 is 55.7 Å². The normalized spacial score (nSPS) is 15.1. The number of rotatable bonds is 5. The van der Waals surface area contributed by atoms with E-state index in [0.29, 0.717) is 17.8 Å². The van der Waals surface area contributed by atoms with Gasteiger partial charge in [-0.1, -0.05) is 6.07 Å². The molecule has 2 aromatic carbocycles. The Morgan fingerprint density at radius 1 is 1.22 bits per heavy atom. The number of aromatic nitrogens is 1. The molecule has 6 nitrogen and oxygen atoms in total. The quantitative estimate of drug-likeness (QED) is 0.473. The van der Waals surface area contributed by atoms with Crippen molar-refractivity contribution in [2.45, 2.75) is 18.0 Å². The van der Waals surface area contributed by atoms with E-state index in [0.717, 1.165) is 24.3 Å². The van der Waals surface area contributed by atoms with Crippen molar-refractivity contribution in [3.8, 4) is 11.6 Å². The molecule has 1 aromatic heterocycles. The Morgan fingerprint density at radius 2 is 1.97 bits per heavy atom. The smallest absolute Gasteiger partial charge is 0.417 e. The Kier molecular flexibility index (Phi) is 5.16. The van der Waals surface area contributed by atoms with Crippen molar-refractivity contribution in [1.82, 2.24) is 4.98 Å². The summed E-state index contributed by atoms with van der Waals surface area (Å²) in [6.07, 6.45) is -7.51. The van der Waals surface area contributed by atoms with Gasteiger partial charge in [-0.3, -0.25) is 4.79 Å². The van der Waals surface area contributed by atoms with Crippen LogP contribution >= 0.6 is 0 Å². The molecular weight excluding hydrogens is 450 g/mol. The standard InChI is InChI=1S/C21H17F4N3O3S/c1-12-8-14(22)6-7-18(12)31-20-17(9-13(11-27-20)21(23,24)25)19(29)28-15-4-3-5-16(10-15)32(2,26)30/h3-11,26H,1-2H3,(H,28,29)/t32-/m1/s1/i2D3. The number of hydrogen-bond acceptors (Lipinski definition) is 5. The molecule has 0 aliphatic heterocycles. The molecule has 0 saturated carbocycles. The lowest BCUT2D eigenvalue weighted by atomic mass is 10.1. The Bertz CT molecular complexity index is 1390. The van der Waals surface area contributed by atoms with Gasteiger partial charge < -0.3 is 10.1 Å². The highest BCUT2D eigenvalue weighted by Crippen LogP contribution is 2.33. The molecule has 1 amide bonds. The molecule has 0 fully saturated rings. The van der Waals surface area contributed by atoms with E-state index in [1.165, 1.54) is 25.1 Å². The van der Waals surface area contributed by atoms with E-state index in [9.17, 15) is 26.6 Å². The van der Waals surface area contributed by atoms with E-state index in [4.69, 9.17) is 13.6 Å². The summed E-state index contributed by atoms with van der Waals surface area (Å²) in [5, 5.41) is 2.27. The zero-order valence-corrected chi connectivity index (χ0v) is 17.1. The lowest BCUT2D eigenvalue weighted by molar-refractivity contribution is -0.137. The van der Waals surface area contributed by atoms with E-state index in [2.05, 4.69) is 10.3 Å². The zero-order valence-electron chi connectivity index (χ0n) is 19.3. The number of nitrogens with zero attached hydrogens (tertiary/aromatic N) is 1. The third kappa shape index (κ3) is 5.41. The van der Waals surface area contributed by atoms with Crippen LogP contribution in [0.4, 0.5) is 23.2 Å². The first-order valence-corrected chi connectivity index (χ1v) is 10.4. The van der Waals surface area contributed by atoms with Crippen LogP contribution in [0.2, 0.25) is 0 Å². The molecule has 11 heteroatoms. The van der Waals surface area contributed by atoms with Gasteiger partial charge in [-0.2, -0.15) is 13.2 Å². The van der Waals surface area contributed by atoms with Crippen LogP contribution in [-0.4, -0.2) is 21.3 Å². The number of ether oxygens (including phenoxy) is 1.